The zero-order valence-corrected chi connectivity index (χ0v) is 9.56. The van der Waals surface area contributed by atoms with Crippen molar-refractivity contribution in [2.75, 3.05) is 0 Å². The lowest BCUT2D eigenvalue weighted by Crippen LogP contribution is -2.16. The molecule has 2 heteroatoms. The third-order valence-corrected chi connectivity index (χ3v) is 3.49. The van der Waals surface area contributed by atoms with Crippen LogP contribution in [0.3, 0.4) is 0 Å². The van der Waals surface area contributed by atoms with Gasteiger partial charge in [-0.25, -0.2) is 0 Å². The molecule has 0 spiro atoms. The van der Waals surface area contributed by atoms with Gasteiger partial charge >= 0.3 is 0 Å². The number of rotatable bonds is 2. The summed E-state index contributed by atoms with van der Waals surface area (Å²) in [6, 6.07) is 8.54. The molecule has 2 nitrogen and oxygen atoms in total. The molecule has 0 amide bonds. The largest absolute Gasteiger partial charge is 0.460 e. The lowest BCUT2D eigenvalue weighted by Gasteiger charge is -2.27. The summed E-state index contributed by atoms with van der Waals surface area (Å²) in [6.45, 7) is 0.539. The normalized spacial score (nSPS) is 21.8. The highest BCUT2D eigenvalue weighted by atomic mass is 16.5. The second-order valence-electron chi connectivity index (χ2n) is 4.47. The van der Waals surface area contributed by atoms with E-state index in [1.54, 1.807) is 0 Å². The molecule has 0 saturated carbocycles. The van der Waals surface area contributed by atoms with Crippen molar-refractivity contribution >= 4 is 12.0 Å². The Bertz CT molecular complexity index is 511. The third kappa shape index (κ3) is 1.80. The van der Waals surface area contributed by atoms with Crippen molar-refractivity contribution in [3.8, 4) is 0 Å². The van der Waals surface area contributed by atoms with Gasteiger partial charge in [-0.3, -0.25) is 4.79 Å². The minimum Gasteiger partial charge on any atom is -0.460 e. The van der Waals surface area contributed by atoms with Gasteiger partial charge in [0.05, 0.1) is 0 Å². The van der Waals surface area contributed by atoms with Crippen LogP contribution in [0.1, 0.15) is 24.0 Å². The summed E-state index contributed by atoms with van der Waals surface area (Å²) in [7, 11) is 0. The minimum absolute atomic E-state index is 0.0727. The maximum atomic E-state index is 10.4. The first-order valence-electron chi connectivity index (χ1n) is 5.97. The zero-order valence-electron chi connectivity index (χ0n) is 9.56. The number of benzene rings is 1. The van der Waals surface area contributed by atoms with E-state index >= 15 is 0 Å². The molecule has 0 saturated heterocycles. The summed E-state index contributed by atoms with van der Waals surface area (Å²) < 4.78 is 5.02. The predicted molar refractivity (Wildman–Crippen MR) is 66.4 cm³/mol. The van der Waals surface area contributed by atoms with Crippen LogP contribution in [0, 0.1) is 0 Å². The highest BCUT2D eigenvalue weighted by molar-refractivity contribution is 5.83. The van der Waals surface area contributed by atoms with Gasteiger partial charge in [-0.05, 0) is 41.2 Å². The number of ether oxygens (including phenoxy) is 1. The molecule has 86 valence electrons. The van der Waals surface area contributed by atoms with Crippen molar-refractivity contribution < 1.29 is 9.53 Å². The summed E-state index contributed by atoms with van der Waals surface area (Å²) in [5, 5.41) is 0. The highest BCUT2D eigenvalue weighted by Crippen LogP contribution is 2.38. The molecule has 17 heavy (non-hydrogen) atoms. The van der Waals surface area contributed by atoms with E-state index in [1.807, 2.05) is 0 Å². The molecule has 2 aliphatic carbocycles. The second kappa shape index (κ2) is 4.21. The smallest absolute Gasteiger partial charge is 0.293 e. The lowest BCUT2D eigenvalue weighted by molar-refractivity contribution is -0.131. The molecule has 3 rings (SSSR count). The Hall–Kier alpha value is -1.83. The van der Waals surface area contributed by atoms with E-state index in [9.17, 15) is 4.79 Å². The van der Waals surface area contributed by atoms with Gasteiger partial charge in [-0.1, -0.05) is 30.3 Å². The monoisotopic (exact) mass is 226 g/mol. The fourth-order valence-electron chi connectivity index (χ4n) is 2.68. The average molecular weight is 226 g/mol. The van der Waals surface area contributed by atoms with E-state index in [4.69, 9.17) is 4.74 Å². The fourth-order valence-corrected chi connectivity index (χ4v) is 2.68. The molecule has 1 atom stereocenters. The molecule has 1 aromatic carbocycles. The number of carbonyl (C=O) groups is 1. The minimum atomic E-state index is -0.0727. The van der Waals surface area contributed by atoms with Crippen LogP contribution in [0.2, 0.25) is 0 Å². The predicted octanol–water partition coefficient (Wildman–Crippen LogP) is 2.89. The Labute approximate surface area is 101 Å². The highest BCUT2D eigenvalue weighted by Gasteiger charge is 2.22. The number of allylic oxidation sites excluding steroid dienone is 2. The molecule has 0 aromatic heterocycles. The van der Waals surface area contributed by atoms with Crippen molar-refractivity contribution in [3.63, 3.8) is 0 Å². The zero-order chi connectivity index (χ0) is 11.7. The maximum Gasteiger partial charge on any atom is 0.293 e. The summed E-state index contributed by atoms with van der Waals surface area (Å²) in [5.41, 5.74) is 5.42. The topological polar surface area (TPSA) is 26.3 Å². The van der Waals surface area contributed by atoms with Gasteiger partial charge in [0.2, 0.25) is 0 Å². The van der Waals surface area contributed by atoms with Gasteiger partial charge in [0.1, 0.15) is 6.10 Å². The quantitative estimate of drug-likeness (QED) is 0.725. The summed E-state index contributed by atoms with van der Waals surface area (Å²) in [5.74, 6) is 0. The lowest BCUT2D eigenvalue weighted by atomic mass is 9.80. The first-order chi connectivity index (χ1) is 8.38. The van der Waals surface area contributed by atoms with E-state index in [-0.39, 0.29) is 6.10 Å². The van der Waals surface area contributed by atoms with E-state index in [1.165, 1.54) is 22.3 Å². The van der Waals surface area contributed by atoms with Crippen LogP contribution >= 0.6 is 0 Å². The molecule has 0 bridgehead atoms. The van der Waals surface area contributed by atoms with Crippen molar-refractivity contribution in [2.24, 2.45) is 0 Å². The molecule has 0 heterocycles. The van der Waals surface area contributed by atoms with Crippen LogP contribution in [0.25, 0.3) is 5.57 Å². The van der Waals surface area contributed by atoms with Gasteiger partial charge < -0.3 is 4.74 Å². The molecule has 1 unspecified atom stereocenters. The van der Waals surface area contributed by atoms with Gasteiger partial charge in [-0.2, -0.15) is 0 Å². The van der Waals surface area contributed by atoms with Crippen LogP contribution in [-0.4, -0.2) is 12.6 Å². The van der Waals surface area contributed by atoms with Crippen molar-refractivity contribution in [1.82, 2.24) is 0 Å². The summed E-state index contributed by atoms with van der Waals surface area (Å²) in [4.78, 5) is 10.4. The van der Waals surface area contributed by atoms with Gasteiger partial charge in [0.15, 0.2) is 0 Å². The molecular weight excluding hydrogens is 212 g/mol. The van der Waals surface area contributed by atoms with Crippen LogP contribution < -0.4 is 0 Å². The third-order valence-electron chi connectivity index (χ3n) is 3.49. The number of hydrogen-bond acceptors (Lipinski definition) is 2. The van der Waals surface area contributed by atoms with E-state index < -0.39 is 0 Å². The SMILES string of the molecule is O=COC1C=C2CCc3ccccc3C2=CC1. The van der Waals surface area contributed by atoms with Crippen LogP contribution in [0.4, 0.5) is 0 Å². The first-order valence-corrected chi connectivity index (χ1v) is 5.97. The maximum absolute atomic E-state index is 10.4. The molecular formula is C15H14O2. The Morgan fingerprint density at radius 2 is 2.12 bits per heavy atom. The van der Waals surface area contributed by atoms with Gasteiger partial charge in [0.25, 0.3) is 6.47 Å². The molecule has 0 radical (unpaired) electrons. The van der Waals surface area contributed by atoms with Gasteiger partial charge in [0, 0.05) is 6.42 Å². The number of carbonyl (C=O) groups excluding carboxylic acids is 1. The summed E-state index contributed by atoms with van der Waals surface area (Å²) in [6.07, 6.45) is 7.12. The van der Waals surface area contributed by atoms with Crippen molar-refractivity contribution in [3.05, 3.63) is 53.1 Å². The standard InChI is InChI=1S/C15H14O2/c16-10-17-13-7-8-15-12(9-13)6-5-11-3-1-2-4-14(11)15/h1-4,8-10,13H,5-7H2. The van der Waals surface area contributed by atoms with Crippen molar-refractivity contribution in [2.45, 2.75) is 25.4 Å². The Balaban J connectivity index is 1.97. The Morgan fingerprint density at radius 3 is 3.00 bits per heavy atom. The van der Waals surface area contributed by atoms with Crippen molar-refractivity contribution in [1.29, 1.82) is 0 Å². The molecule has 1 aromatic rings. The number of aryl methyl sites for hydroxylation is 1. The second-order valence-corrected chi connectivity index (χ2v) is 4.47. The number of hydrogen-bond donors (Lipinski definition) is 0. The van der Waals surface area contributed by atoms with E-state index in [0.29, 0.717) is 6.47 Å². The molecule has 0 fully saturated rings. The fraction of sp³-hybridized carbons (Fsp3) is 0.267. The van der Waals surface area contributed by atoms with E-state index in [0.717, 1.165) is 19.3 Å². The number of fused-ring (bicyclic) bond motifs is 3. The molecule has 0 N–H and O–H groups in total. The van der Waals surface area contributed by atoms with Crippen LogP contribution in [0.5, 0.6) is 0 Å². The van der Waals surface area contributed by atoms with E-state index in [2.05, 4.69) is 36.4 Å². The summed E-state index contributed by atoms with van der Waals surface area (Å²) >= 11 is 0. The van der Waals surface area contributed by atoms with Crippen LogP contribution in [-0.2, 0) is 16.0 Å². The average Bonchev–Trinajstić information content (AvgIpc) is 2.39. The van der Waals surface area contributed by atoms with Crippen LogP contribution in [0.15, 0.2) is 42.0 Å². The Kier molecular flexibility index (Phi) is 2.56. The first kappa shape index (κ1) is 10.3. The van der Waals surface area contributed by atoms with Gasteiger partial charge in [-0.15, -0.1) is 0 Å². The molecule has 0 aliphatic heterocycles. The Morgan fingerprint density at radius 1 is 1.24 bits per heavy atom. The molecule has 2 aliphatic rings.